The van der Waals surface area contributed by atoms with E-state index in [0.717, 1.165) is 24.8 Å². The third-order valence-corrected chi connectivity index (χ3v) is 7.18. The van der Waals surface area contributed by atoms with Crippen LogP contribution < -0.4 is 0 Å². The van der Waals surface area contributed by atoms with Gasteiger partial charge in [0.05, 0.1) is 6.61 Å². The van der Waals surface area contributed by atoms with E-state index in [2.05, 4.69) is 0 Å². The van der Waals surface area contributed by atoms with Gasteiger partial charge in [-0.3, -0.25) is 0 Å². The van der Waals surface area contributed by atoms with Crippen LogP contribution in [0.2, 0.25) is 6.04 Å². The molecule has 1 fully saturated rings. The SMILES string of the molecule is CO[Si](CCCOC(=O)C1=C2CCC(C2)C1)(OC)OC. The predicted octanol–water partition coefficient (Wildman–Crippen LogP) is 2.30. The van der Waals surface area contributed by atoms with Crippen molar-refractivity contribution < 1.29 is 22.8 Å². The van der Waals surface area contributed by atoms with Crippen molar-refractivity contribution in [1.82, 2.24) is 0 Å². The first-order valence-electron chi connectivity index (χ1n) is 7.17. The number of allylic oxidation sites excluding steroid dienone is 1. The van der Waals surface area contributed by atoms with E-state index in [1.54, 1.807) is 21.3 Å². The molecule has 0 aliphatic heterocycles. The number of fused-ring (bicyclic) bond motifs is 2. The first-order valence-corrected chi connectivity index (χ1v) is 9.10. The van der Waals surface area contributed by atoms with Gasteiger partial charge < -0.3 is 18.0 Å². The minimum absolute atomic E-state index is 0.123. The Labute approximate surface area is 121 Å². The molecular weight excluding hydrogens is 276 g/mol. The minimum atomic E-state index is -2.54. The Kier molecular flexibility index (Phi) is 5.37. The van der Waals surface area contributed by atoms with Crippen LogP contribution in [0.15, 0.2) is 11.1 Å². The van der Waals surface area contributed by atoms with Gasteiger partial charge in [-0.2, -0.15) is 0 Å². The van der Waals surface area contributed by atoms with Crippen molar-refractivity contribution in [2.75, 3.05) is 27.9 Å². The second-order valence-electron chi connectivity index (χ2n) is 5.43. The topological polar surface area (TPSA) is 54.0 Å². The summed E-state index contributed by atoms with van der Waals surface area (Å²) < 4.78 is 21.4. The summed E-state index contributed by atoms with van der Waals surface area (Å²) in [6.45, 7) is 0.394. The normalized spacial score (nSPS) is 21.6. The van der Waals surface area contributed by atoms with Crippen molar-refractivity contribution in [1.29, 1.82) is 0 Å². The zero-order valence-electron chi connectivity index (χ0n) is 12.6. The second kappa shape index (κ2) is 6.84. The van der Waals surface area contributed by atoms with Crippen LogP contribution >= 0.6 is 0 Å². The molecule has 6 heteroatoms. The van der Waals surface area contributed by atoms with E-state index in [4.69, 9.17) is 18.0 Å². The Morgan fingerprint density at radius 3 is 2.40 bits per heavy atom. The molecule has 0 heterocycles. The third kappa shape index (κ3) is 3.31. The first kappa shape index (κ1) is 15.7. The highest BCUT2D eigenvalue weighted by atomic mass is 28.4. The average Bonchev–Trinajstić information content (AvgIpc) is 3.11. The van der Waals surface area contributed by atoms with Crippen LogP contribution in [0.3, 0.4) is 0 Å². The molecule has 20 heavy (non-hydrogen) atoms. The molecule has 0 amide bonds. The highest BCUT2D eigenvalue weighted by Crippen LogP contribution is 2.44. The molecule has 0 N–H and O–H groups in total. The molecule has 0 radical (unpaired) electrons. The summed E-state index contributed by atoms with van der Waals surface area (Å²) in [5.41, 5.74) is 2.27. The lowest BCUT2D eigenvalue weighted by Crippen LogP contribution is -2.42. The van der Waals surface area contributed by atoms with Crippen LogP contribution in [0.5, 0.6) is 0 Å². The van der Waals surface area contributed by atoms with Gasteiger partial charge in [-0.1, -0.05) is 5.57 Å². The summed E-state index contributed by atoms with van der Waals surface area (Å²) in [7, 11) is 2.23. The van der Waals surface area contributed by atoms with Crippen LogP contribution in [0.4, 0.5) is 0 Å². The second-order valence-corrected chi connectivity index (χ2v) is 8.52. The van der Waals surface area contributed by atoms with E-state index in [-0.39, 0.29) is 5.97 Å². The molecule has 2 aliphatic rings. The van der Waals surface area contributed by atoms with Crippen LogP contribution in [0, 0.1) is 5.92 Å². The van der Waals surface area contributed by atoms with Crippen LogP contribution in [-0.4, -0.2) is 42.7 Å². The fraction of sp³-hybridized carbons (Fsp3) is 0.786. The standard InChI is InChI=1S/C14H24O5Si/c1-16-20(17-2,18-3)8-4-7-19-14(15)13-10-11-5-6-12(13)9-11/h11H,4-10H2,1-3H3. The van der Waals surface area contributed by atoms with Gasteiger partial charge in [0.25, 0.3) is 0 Å². The van der Waals surface area contributed by atoms with Crippen molar-refractivity contribution in [3.63, 3.8) is 0 Å². The van der Waals surface area contributed by atoms with Gasteiger partial charge in [-0.15, -0.1) is 0 Å². The number of rotatable bonds is 8. The van der Waals surface area contributed by atoms with Gasteiger partial charge in [0.15, 0.2) is 0 Å². The van der Waals surface area contributed by atoms with E-state index in [9.17, 15) is 4.79 Å². The molecule has 2 rings (SSSR count). The van der Waals surface area contributed by atoms with Crippen molar-refractivity contribution in [3.05, 3.63) is 11.1 Å². The maximum absolute atomic E-state index is 12.0. The molecule has 1 unspecified atom stereocenters. The zero-order chi connectivity index (χ0) is 14.6. The minimum Gasteiger partial charge on any atom is -0.462 e. The lowest BCUT2D eigenvalue weighted by Gasteiger charge is -2.24. The molecule has 5 nitrogen and oxygen atoms in total. The molecule has 1 atom stereocenters. The van der Waals surface area contributed by atoms with E-state index in [1.165, 1.54) is 12.0 Å². The summed E-state index contributed by atoms with van der Waals surface area (Å²) in [5, 5.41) is 0. The van der Waals surface area contributed by atoms with Crippen molar-refractivity contribution >= 4 is 14.8 Å². The number of carbonyl (C=O) groups excluding carboxylic acids is 1. The number of hydrogen-bond donors (Lipinski definition) is 0. The number of ether oxygens (including phenoxy) is 1. The fourth-order valence-electron chi connectivity index (χ4n) is 3.14. The summed E-state index contributed by atoms with van der Waals surface area (Å²) in [5.74, 6) is 0.574. The number of hydrogen-bond acceptors (Lipinski definition) is 5. The molecule has 2 aliphatic carbocycles. The van der Waals surface area contributed by atoms with Crippen LogP contribution in [-0.2, 0) is 22.8 Å². The number of carbonyl (C=O) groups is 1. The third-order valence-electron chi connectivity index (χ3n) is 4.35. The molecule has 0 aromatic rings. The highest BCUT2D eigenvalue weighted by Gasteiger charge is 2.37. The van der Waals surface area contributed by atoms with E-state index in [1.807, 2.05) is 0 Å². The first-order chi connectivity index (χ1) is 9.64. The molecule has 0 saturated heterocycles. The Morgan fingerprint density at radius 1 is 1.20 bits per heavy atom. The number of esters is 1. The maximum atomic E-state index is 12.0. The van der Waals surface area contributed by atoms with Gasteiger partial charge >= 0.3 is 14.8 Å². The Morgan fingerprint density at radius 2 is 1.90 bits per heavy atom. The van der Waals surface area contributed by atoms with Gasteiger partial charge in [0, 0.05) is 32.9 Å². The van der Waals surface area contributed by atoms with E-state index >= 15 is 0 Å². The van der Waals surface area contributed by atoms with Gasteiger partial charge in [0.2, 0.25) is 0 Å². The zero-order valence-corrected chi connectivity index (χ0v) is 13.6. The summed E-state index contributed by atoms with van der Waals surface area (Å²) in [4.78, 5) is 12.0. The predicted molar refractivity (Wildman–Crippen MR) is 76.1 cm³/mol. The summed E-state index contributed by atoms with van der Waals surface area (Å²) in [6, 6.07) is 0.651. The smallest absolute Gasteiger partial charge is 0.462 e. The molecule has 0 spiro atoms. The molecule has 0 aromatic heterocycles. The van der Waals surface area contributed by atoms with E-state index < -0.39 is 8.80 Å². The molecular formula is C14H24O5Si. The van der Waals surface area contributed by atoms with Gasteiger partial charge in [0.1, 0.15) is 0 Å². The Balaban J connectivity index is 1.72. The molecule has 2 bridgehead atoms. The molecule has 1 saturated carbocycles. The Hall–Kier alpha value is -0.693. The van der Waals surface area contributed by atoms with Crippen LogP contribution in [0.25, 0.3) is 0 Å². The largest absolute Gasteiger partial charge is 0.500 e. The fourth-order valence-corrected chi connectivity index (χ4v) is 4.83. The lowest BCUT2D eigenvalue weighted by atomic mass is 9.99. The quantitative estimate of drug-likeness (QED) is 0.391. The van der Waals surface area contributed by atoms with Crippen molar-refractivity contribution in [2.45, 2.75) is 38.1 Å². The van der Waals surface area contributed by atoms with E-state index in [0.29, 0.717) is 25.0 Å². The molecule has 0 aromatic carbocycles. The van der Waals surface area contributed by atoms with Gasteiger partial charge in [-0.05, 0) is 38.0 Å². The van der Waals surface area contributed by atoms with Gasteiger partial charge in [-0.25, -0.2) is 4.79 Å². The highest BCUT2D eigenvalue weighted by molar-refractivity contribution is 6.60. The average molecular weight is 300 g/mol. The monoisotopic (exact) mass is 300 g/mol. The molecule has 114 valence electrons. The Bertz CT molecular complexity index is 381. The summed E-state index contributed by atoms with van der Waals surface area (Å²) >= 11 is 0. The lowest BCUT2D eigenvalue weighted by molar-refractivity contribution is -0.139. The van der Waals surface area contributed by atoms with Crippen molar-refractivity contribution in [2.24, 2.45) is 5.92 Å². The maximum Gasteiger partial charge on any atom is 0.500 e. The van der Waals surface area contributed by atoms with Crippen LogP contribution in [0.1, 0.15) is 32.1 Å². The summed E-state index contributed by atoms with van der Waals surface area (Å²) in [6.07, 6.45) is 5.05. The van der Waals surface area contributed by atoms with Crippen molar-refractivity contribution in [3.8, 4) is 0 Å².